The predicted octanol–water partition coefficient (Wildman–Crippen LogP) is 3.55. The lowest BCUT2D eigenvalue weighted by Gasteiger charge is -2.15. The second-order valence-corrected chi connectivity index (χ2v) is 4.86. The average Bonchev–Trinajstić information content (AvgIpc) is 2.82. The van der Waals surface area contributed by atoms with Crippen molar-refractivity contribution in [2.75, 3.05) is 7.05 Å². The Bertz CT molecular complexity index is 539. The van der Waals surface area contributed by atoms with Crippen LogP contribution in [0.25, 0.3) is 11.1 Å². The number of aromatic nitrogens is 2. The number of nitrogens with zero attached hydrogens (tertiary/aromatic N) is 2. The minimum atomic E-state index is 0.418. The molecule has 0 aliphatic rings. The van der Waals surface area contributed by atoms with Crippen molar-refractivity contribution in [2.45, 2.75) is 39.8 Å². The molecular formula is C16H23N3. The number of benzene rings is 1. The van der Waals surface area contributed by atoms with Crippen molar-refractivity contribution in [1.29, 1.82) is 0 Å². The first-order valence-electron chi connectivity index (χ1n) is 7.01. The topological polar surface area (TPSA) is 29.9 Å². The standard InChI is InChI=1S/C16H23N3/c1-5-16(17-4)14-9-7-8-13(10-14)15-11-19(6-2)18-12(15)3/h7-11,16-17H,5-6H2,1-4H3. The van der Waals surface area contributed by atoms with Gasteiger partial charge in [0.1, 0.15) is 0 Å². The fourth-order valence-corrected chi connectivity index (χ4v) is 2.49. The van der Waals surface area contributed by atoms with Gasteiger partial charge in [0.05, 0.1) is 5.69 Å². The highest BCUT2D eigenvalue weighted by Gasteiger charge is 2.10. The molecule has 2 rings (SSSR count). The van der Waals surface area contributed by atoms with Crippen molar-refractivity contribution >= 4 is 0 Å². The molecule has 0 amide bonds. The number of nitrogens with one attached hydrogen (secondary N) is 1. The first kappa shape index (κ1) is 13.8. The SMILES string of the molecule is CCC(NC)c1cccc(-c2cn(CC)nc2C)c1. The first-order chi connectivity index (χ1) is 9.19. The van der Waals surface area contributed by atoms with Gasteiger partial charge in [0.2, 0.25) is 0 Å². The zero-order chi connectivity index (χ0) is 13.8. The number of hydrogen-bond donors (Lipinski definition) is 1. The highest BCUT2D eigenvalue weighted by Crippen LogP contribution is 2.26. The maximum atomic E-state index is 4.52. The van der Waals surface area contributed by atoms with Gasteiger partial charge in [-0.1, -0.05) is 25.1 Å². The van der Waals surface area contributed by atoms with E-state index in [4.69, 9.17) is 0 Å². The summed E-state index contributed by atoms with van der Waals surface area (Å²) in [6, 6.07) is 9.17. The van der Waals surface area contributed by atoms with E-state index in [9.17, 15) is 0 Å². The lowest BCUT2D eigenvalue weighted by molar-refractivity contribution is 0.577. The van der Waals surface area contributed by atoms with E-state index in [0.717, 1.165) is 18.7 Å². The molecule has 1 aromatic heterocycles. The molecule has 1 atom stereocenters. The van der Waals surface area contributed by atoms with Gasteiger partial charge in [0.25, 0.3) is 0 Å². The molecule has 0 aliphatic heterocycles. The van der Waals surface area contributed by atoms with E-state index in [1.807, 2.05) is 11.7 Å². The summed E-state index contributed by atoms with van der Waals surface area (Å²) in [6.07, 6.45) is 3.22. The molecule has 0 saturated heterocycles. The predicted molar refractivity (Wildman–Crippen MR) is 80.2 cm³/mol. The van der Waals surface area contributed by atoms with Crippen LogP contribution in [0.4, 0.5) is 0 Å². The van der Waals surface area contributed by atoms with Gasteiger partial charge in [-0.05, 0) is 44.5 Å². The highest BCUT2D eigenvalue weighted by molar-refractivity contribution is 5.65. The summed E-state index contributed by atoms with van der Waals surface area (Å²) in [5.74, 6) is 0. The fourth-order valence-electron chi connectivity index (χ4n) is 2.49. The van der Waals surface area contributed by atoms with Crippen molar-refractivity contribution in [3.05, 3.63) is 41.7 Å². The molecule has 3 nitrogen and oxygen atoms in total. The van der Waals surface area contributed by atoms with Gasteiger partial charge in [-0.3, -0.25) is 4.68 Å². The monoisotopic (exact) mass is 257 g/mol. The Balaban J connectivity index is 2.39. The number of rotatable bonds is 5. The van der Waals surface area contributed by atoms with Crippen LogP contribution in [-0.2, 0) is 6.54 Å². The maximum Gasteiger partial charge on any atom is 0.0672 e. The second kappa shape index (κ2) is 6.02. The average molecular weight is 257 g/mol. The van der Waals surface area contributed by atoms with Gasteiger partial charge in [-0.2, -0.15) is 5.10 Å². The van der Waals surface area contributed by atoms with E-state index >= 15 is 0 Å². The van der Waals surface area contributed by atoms with Crippen LogP contribution in [0.5, 0.6) is 0 Å². The van der Waals surface area contributed by atoms with Crippen LogP contribution in [0.2, 0.25) is 0 Å². The zero-order valence-electron chi connectivity index (χ0n) is 12.3. The summed E-state index contributed by atoms with van der Waals surface area (Å²) < 4.78 is 1.99. The molecule has 0 fully saturated rings. The van der Waals surface area contributed by atoms with Crippen LogP contribution in [0, 0.1) is 6.92 Å². The molecule has 1 N–H and O–H groups in total. The van der Waals surface area contributed by atoms with E-state index in [1.165, 1.54) is 16.7 Å². The van der Waals surface area contributed by atoms with E-state index in [0.29, 0.717) is 6.04 Å². The van der Waals surface area contributed by atoms with Crippen molar-refractivity contribution in [3.63, 3.8) is 0 Å². The van der Waals surface area contributed by atoms with Crippen molar-refractivity contribution in [3.8, 4) is 11.1 Å². The van der Waals surface area contributed by atoms with Gasteiger partial charge in [-0.15, -0.1) is 0 Å². The van der Waals surface area contributed by atoms with Crippen LogP contribution in [0.3, 0.4) is 0 Å². The lowest BCUT2D eigenvalue weighted by atomic mass is 9.99. The molecule has 19 heavy (non-hydrogen) atoms. The Hall–Kier alpha value is -1.61. The maximum absolute atomic E-state index is 4.52. The van der Waals surface area contributed by atoms with Gasteiger partial charge < -0.3 is 5.32 Å². The number of aryl methyl sites for hydroxylation is 2. The molecule has 1 aromatic carbocycles. The van der Waals surface area contributed by atoms with E-state index in [-0.39, 0.29) is 0 Å². The van der Waals surface area contributed by atoms with E-state index < -0.39 is 0 Å². The highest BCUT2D eigenvalue weighted by atomic mass is 15.3. The van der Waals surface area contributed by atoms with Gasteiger partial charge in [-0.25, -0.2) is 0 Å². The van der Waals surface area contributed by atoms with Gasteiger partial charge in [0.15, 0.2) is 0 Å². The summed E-state index contributed by atoms with van der Waals surface area (Å²) >= 11 is 0. The van der Waals surface area contributed by atoms with Crippen LogP contribution in [0.1, 0.15) is 37.6 Å². The molecule has 1 unspecified atom stereocenters. The summed E-state index contributed by atoms with van der Waals surface area (Å²) in [5, 5.41) is 7.88. The minimum absolute atomic E-state index is 0.418. The van der Waals surface area contributed by atoms with Crippen molar-refractivity contribution in [1.82, 2.24) is 15.1 Å². The Kier molecular flexibility index (Phi) is 4.38. The molecule has 0 bridgehead atoms. The summed E-state index contributed by atoms with van der Waals surface area (Å²) in [6.45, 7) is 7.30. The smallest absolute Gasteiger partial charge is 0.0672 e. The molecule has 2 aromatic rings. The van der Waals surface area contributed by atoms with Gasteiger partial charge >= 0.3 is 0 Å². The van der Waals surface area contributed by atoms with Crippen molar-refractivity contribution < 1.29 is 0 Å². The third-order valence-electron chi connectivity index (χ3n) is 3.63. The quantitative estimate of drug-likeness (QED) is 0.887. The van der Waals surface area contributed by atoms with E-state index in [2.05, 4.69) is 61.6 Å². The molecular weight excluding hydrogens is 234 g/mol. The summed E-state index contributed by atoms with van der Waals surface area (Å²) in [4.78, 5) is 0. The second-order valence-electron chi connectivity index (χ2n) is 4.86. The molecule has 0 saturated carbocycles. The minimum Gasteiger partial charge on any atom is -0.313 e. The first-order valence-corrected chi connectivity index (χ1v) is 7.01. The molecule has 0 radical (unpaired) electrons. The summed E-state index contributed by atoms with van der Waals surface area (Å²) in [5.41, 5.74) is 4.92. The fraction of sp³-hybridized carbons (Fsp3) is 0.438. The molecule has 0 aliphatic carbocycles. The Morgan fingerprint density at radius 2 is 2.11 bits per heavy atom. The van der Waals surface area contributed by atoms with Crippen LogP contribution < -0.4 is 5.32 Å². The van der Waals surface area contributed by atoms with Crippen LogP contribution >= 0.6 is 0 Å². The van der Waals surface area contributed by atoms with Crippen LogP contribution in [-0.4, -0.2) is 16.8 Å². The largest absolute Gasteiger partial charge is 0.313 e. The molecule has 1 heterocycles. The summed E-state index contributed by atoms with van der Waals surface area (Å²) in [7, 11) is 2.02. The third kappa shape index (κ3) is 2.87. The third-order valence-corrected chi connectivity index (χ3v) is 3.63. The van der Waals surface area contributed by atoms with E-state index in [1.54, 1.807) is 0 Å². The Labute approximate surface area is 115 Å². The van der Waals surface area contributed by atoms with Crippen molar-refractivity contribution in [2.24, 2.45) is 0 Å². The Morgan fingerprint density at radius 1 is 1.32 bits per heavy atom. The molecule has 102 valence electrons. The normalized spacial score (nSPS) is 12.6. The zero-order valence-corrected chi connectivity index (χ0v) is 12.3. The lowest BCUT2D eigenvalue weighted by Crippen LogP contribution is -2.15. The molecule has 3 heteroatoms. The van der Waals surface area contributed by atoms with Crippen LogP contribution in [0.15, 0.2) is 30.5 Å². The van der Waals surface area contributed by atoms with Gasteiger partial charge in [0, 0.05) is 24.3 Å². The number of hydrogen-bond acceptors (Lipinski definition) is 2. The Morgan fingerprint density at radius 3 is 2.68 bits per heavy atom. The molecule has 0 spiro atoms.